The standard InChI is InChI=1S/C12H15BrN2O4/c13-10-4-3-9(19-10)12(17)15-6-5-14-11(16)8-2-1-7-18-8/h3-4,8H,1-2,5-7H2,(H,14,16)(H,15,17). The van der Waals surface area contributed by atoms with Gasteiger partial charge in [-0.3, -0.25) is 9.59 Å². The molecule has 0 bridgehead atoms. The van der Waals surface area contributed by atoms with Crippen LogP contribution in [0.15, 0.2) is 21.2 Å². The lowest BCUT2D eigenvalue weighted by Gasteiger charge is -2.10. The number of rotatable bonds is 5. The zero-order valence-electron chi connectivity index (χ0n) is 10.3. The van der Waals surface area contributed by atoms with E-state index >= 15 is 0 Å². The summed E-state index contributed by atoms with van der Waals surface area (Å²) >= 11 is 3.12. The SMILES string of the molecule is O=C(NCCNC(=O)C1CCCO1)c1ccc(Br)o1. The minimum Gasteiger partial charge on any atom is -0.444 e. The summed E-state index contributed by atoms with van der Waals surface area (Å²) < 4.78 is 10.9. The predicted molar refractivity (Wildman–Crippen MR) is 70.7 cm³/mol. The molecule has 2 heterocycles. The quantitative estimate of drug-likeness (QED) is 0.791. The molecule has 1 fully saturated rings. The van der Waals surface area contributed by atoms with Gasteiger partial charge in [-0.15, -0.1) is 0 Å². The molecule has 1 aliphatic rings. The van der Waals surface area contributed by atoms with E-state index in [0.29, 0.717) is 24.4 Å². The van der Waals surface area contributed by atoms with E-state index in [1.165, 1.54) is 0 Å². The van der Waals surface area contributed by atoms with Crippen molar-refractivity contribution in [3.8, 4) is 0 Å². The number of hydrogen-bond acceptors (Lipinski definition) is 4. The van der Waals surface area contributed by atoms with E-state index in [1.54, 1.807) is 12.1 Å². The first-order valence-electron chi connectivity index (χ1n) is 6.09. The molecule has 2 rings (SSSR count). The maximum absolute atomic E-state index is 11.6. The van der Waals surface area contributed by atoms with Gasteiger partial charge < -0.3 is 19.8 Å². The summed E-state index contributed by atoms with van der Waals surface area (Å²) in [4.78, 5) is 23.2. The lowest BCUT2D eigenvalue weighted by molar-refractivity contribution is -0.129. The summed E-state index contributed by atoms with van der Waals surface area (Å²) in [5, 5.41) is 5.37. The van der Waals surface area contributed by atoms with Crippen LogP contribution in [-0.2, 0) is 9.53 Å². The molecule has 1 unspecified atom stereocenters. The number of hydrogen-bond donors (Lipinski definition) is 2. The number of furan rings is 1. The smallest absolute Gasteiger partial charge is 0.287 e. The van der Waals surface area contributed by atoms with Gasteiger partial charge in [0.1, 0.15) is 6.10 Å². The Bertz CT molecular complexity index is 454. The van der Waals surface area contributed by atoms with Crippen molar-refractivity contribution < 1.29 is 18.7 Å². The summed E-state index contributed by atoms with van der Waals surface area (Å²) in [7, 11) is 0. The normalized spacial score (nSPS) is 18.3. The van der Waals surface area contributed by atoms with Crippen molar-refractivity contribution in [2.75, 3.05) is 19.7 Å². The van der Waals surface area contributed by atoms with Crippen LogP contribution in [0.1, 0.15) is 23.4 Å². The van der Waals surface area contributed by atoms with Crippen LogP contribution in [0.4, 0.5) is 0 Å². The van der Waals surface area contributed by atoms with E-state index in [1.807, 2.05) is 0 Å². The van der Waals surface area contributed by atoms with E-state index in [-0.39, 0.29) is 23.7 Å². The van der Waals surface area contributed by atoms with Crippen molar-refractivity contribution in [1.82, 2.24) is 10.6 Å². The average Bonchev–Trinajstić information content (AvgIpc) is 3.04. The van der Waals surface area contributed by atoms with Gasteiger partial charge >= 0.3 is 0 Å². The molecule has 1 aromatic heterocycles. The Labute approximate surface area is 119 Å². The summed E-state index contributed by atoms with van der Waals surface area (Å²) in [5.41, 5.74) is 0. The van der Waals surface area contributed by atoms with Crippen molar-refractivity contribution in [1.29, 1.82) is 0 Å². The van der Waals surface area contributed by atoms with Crippen LogP contribution < -0.4 is 10.6 Å². The molecule has 1 atom stereocenters. The number of carbonyl (C=O) groups is 2. The fraction of sp³-hybridized carbons (Fsp3) is 0.500. The minimum absolute atomic E-state index is 0.118. The number of ether oxygens (including phenoxy) is 1. The highest BCUT2D eigenvalue weighted by Gasteiger charge is 2.22. The third-order valence-corrected chi connectivity index (χ3v) is 3.16. The maximum atomic E-state index is 11.6. The molecule has 0 spiro atoms. The number of carbonyl (C=O) groups excluding carboxylic acids is 2. The molecule has 0 aliphatic carbocycles. The molecule has 19 heavy (non-hydrogen) atoms. The topological polar surface area (TPSA) is 80.6 Å². The third-order valence-electron chi connectivity index (χ3n) is 2.73. The fourth-order valence-electron chi connectivity index (χ4n) is 1.78. The van der Waals surface area contributed by atoms with Crippen LogP contribution in [0, 0.1) is 0 Å². The lowest BCUT2D eigenvalue weighted by atomic mass is 10.2. The summed E-state index contributed by atoms with van der Waals surface area (Å²) in [5.74, 6) is -0.193. The Morgan fingerprint density at radius 1 is 1.32 bits per heavy atom. The van der Waals surface area contributed by atoms with Crippen molar-refractivity contribution in [3.63, 3.8) is 0 Å². The number of halogens is 1. The zero-order valence-corrected chi connectivity index (χ0v) is 11.9. The van der Waals surface area contributed by atoms with Gasteiger partial charge in [0.15, 0.2) is 10.4 Å². The molecule has 0 saturated carbocycles. The molecule has 104 valence electrons. The van der Waals surface area contributed by atoms with Gasteiger partial charge in [0.2, 0.25) is 5.91 Å². The molecule has 1 saturated heterocycles. The van der Waals surface area contributed by atoms with Gasteiger partial charge in [-0.1, -0.05) is 0 Å². The van der Waals surface area contributed by atoms with Gasteiger partial charge in [0.25, 0.3) is 5.91 Å². The molecule has 1 aromatic rings. The van der Waals surface area contributed by atoms with E-state index in [2.05, 4.69) is 26.6 Å². The van der Waals surface area contributed by atoms with Crippen LogP contribution in [-0.4, -0.2) is 37.6 Å². The Balaban J connectivity index is 1.63. The predicted octanol–water partition coefficient (Wildman–Crippen LogP) is 1.07. The van der Waals surface area contributed by atoms with Gasteiger partial charge in [-0.2, -0.15) is 0 Å². The van der Waals surface area contributed by atoms with Crippen molar-refractivity contribution >= 4 is 27.7 Å². The Morgan fingerprint density at radius 2 is 2.11 bits per heavy atom. The molecule has 2 N–H and O–H groups in total. The molecular weight excluding hydrogens is 316 g/mol. The second-order valence-corrected chi connectivity index (χ2v) is 4.93. The molecule has 2 amide bonds. The average molecular weight is 331 g/mol. The van der Waals surface area contributed by atoms with Gasteiger partial charge in [-0.05, 0) is 40.9 Å². The van der Waals surface area contributed by atoms with Crippen LogP contribution in [0.3, 0.4) is 0 Å². The number of amides is 2. The maximum Gasteiger partial charge on any atom is 0.287 e. The molecule has 7 heteroatoms. The third kappa shape index (κ3) is 4.07. The van der Waals surface area contributed by atoms with Crippen molar-refractivity contribution in [2.45, 2.75) is 18.9 Å². The monoisotopic (exact) mass is 330 g/mol. The minimum atomic E-state index is -0.336. The largest absolute Gasteiger partial charge is 0.444 e. The Hall–Kier alpha value is -1.34. The van der Waals surface area contributed by atoms with Crippen LogP contribution in [0.5, 0.6) is 0 Å². The van der Waals surface area contributed by atoms with Crippen LogP contribution in [0.2, 0.25) is 0 Å². The highest BCUT2D eigenvalue weighted by molar-refractivity contribution is 9.10. The van der Waals surface area contributed by atoms with Crippen LogP contribution >= 0.6 is 15.9 Å². The van der Waals surface area contributed by atoms with Crippen molar-refractivity contribution in [3.05, 3.63) is 22.6 Å². The molecule has 1 aliphatic heterocycles. The van der Waals surface area contributed by atoms with Crippen molar-refractivity contribution in [2.24, 2.45) is 0 Å². The van der Waals surface area contributed by atoms with Gasteiger partial charge in [0.05, 0.1) is 0 Å². The van der Waals surface area contributed by atoms with E-state index in [4.69, 9.17) is 9.15 Å². The molecule has 0 radical (unpaired) electrons. The second kappa shape index (κ2) is 6.72. The van der Waals surface area contributed by atoms with Gasteiger partial charge in [-0.25, -0.2) is 0 Å². The first kappa shape index (κ1) is 14.1. The second-order valence-electron chi connectivity index (χ2n) is 4.15. The lowest BCUT2D eigenvalue weighted by Crippen LogP contribution is -2.39. The fourth-order valence-corrected chi connectivity index (χ4v) is 2.09. The molecule has 6 nitrogen and oxygen atoms in total. The zero-order chi connectivity index (χ0) is 13.7. The number of nitrogens with one attached hydrogen (secondary N) is 2. The van der Waals surface area contributed by atoms with Gasteiger partial charge in [0, 0.05) is 19.7 Å². The highest BCUT2D eigenvalue weighted by atomic mass is 79.9. The summed E-state index contributed by atoms with van der Waals surface area (Å²) in [6, 6.07) is 3.22. The van der Waals surface area contributed by atoms with E-state index in [0.717, 1.165) is 12.8 Å². The highest BCUT2D eigenvalue weighted by Crippen LogP contribution is 2.13. The van der Waals surface area contributed by atoms with E-state index in [9.17, 15) is 9.59 Å². The van der Waals surface area contributed by atoms with E-state index < -0.39 is 0 Å². The Morgan fingerprint density at radius 3 is 2.74 bits per heavy atom. The summed E-state index contributed by atoms with van der Waals surface area (Å²) in [6.07, 6.45) is 1.34. The molecule has 0 aromatic carbocycles. The van der Waals surface area contributed by atoms with Crippen LogP contribution in [0.25, 0.3) is 0 Å². The Kier molecular flexibility index (Phi) is 4.98. The molecular formula is C12H15BrN2O4. The summed E-state index contributed by atoms with van der Waals surface area (Å²) in [6.45, 7) is 1.35. The first-order chi connectivity index (χ1) is 9.16. The first-order valence-corrected chi connectivity index (χ1v) is 6.89.